The molecule has 0 radical (unpaired) electrons. The summed E-state index contributed by atoms with van der Waals surface area (Å²) in [6.45, 7) is 8.07. The third kappa shape index (κ3) is 6.41. The molecule has 12 heteroatoms. The molecule has 0 spiro atoms. The molecule has 2 heterocycles. The molecule has 0 aliphatic heterocycles. The number of halogens is 2. The molecule has 1 amide bonds. The summed E-state index contributed by atoms with van der Waals surface area (Å²) in [6.07, 6.45) is 2.33. The Hall–Kier alpha value is -2.89. The smallest absolute Gasteiger partial charge is 0.341 e. The van der Waals surface area contributed by atoms with Gasteiger partial charge in [0.2, 0.25) is 5.91 Å². The molecular formula is C23H24ClFN4O4S2. The van der Waals surface area contributed by atoms with E-state index in [9.17, 15) is 14.0 Å². The Morgan fingerprint density at radius 3 is 2.80 bits per heavy atom. The van der Waals surface area contributed by atoms with Gasteiger partial charge < -0.3 is 14.8 Å². The number of allylic oxidation sites excluding steroid dienone is 1. The maximum absolute atomic E-state index is 13.4. The van der Waals surface area contributed by atoms with Crippen LogP contribution in [0.4, 0.5) is 9.39 Å². The van der Waals surface area contributed by atoms with Crippen LogP contribution < -0.4 is 10.1 Å². The zero-order valence-corrected chi connectivity index (χ0v) is 21.8. The first-order valence-corrected chi connectivity index (χ1v) is 12.7. The summed E-state index contributed by atoms with van der Waals surface area (Å²) >= 11 is 8.33. The lowest BCUT2D eigenvalue weighted by Gasteiger charge is -2.10. The average Bonchev–Trinajstić information content (AvgIpc) is 3.37. The predicted octanol–water partition coefficient (Wildman–Crippen LogP) is 5.29. The number of rotatable bonds is 11. The predicted molar refractivity (Wildman–Crippen MR) is 135 cm³/mol. The van der Waals surface area contributed by atoms with E-state index in [1.54, 1.807) is 10.6 Å². The summed E-state index contributed by atoms with van der Waals surface area (Å²) in [6, 6.07) is 4.06. The first-order chi connectivity index (χ1) is 16.8. The number of carbonyl (C=O) groups is 2. The van der Waals surface area contributed by atoms with Crippen LogP contribution in [-0.4, -0.2) is 39.5 Å². The molecule has 1 aromatic carbocycles. The van der Waals surface area contributed by atoms with Crippen molar-refractivity contribution in [2.45, 2.75) is 38.6 Å². The molecular weight excluding hydrogens is 515 g/mol. The molecule has 3 rings (SSSR count). The number of methoxy groups -OCH3 is 1. The Labute approximate surface area is 215 Å². The fraction of sp³-hybridized carbons (Fsp3) is 0.304. The molecule has 0 atom stereocenters. The molecule has 3 aromatic rings. The van der Waals surface area contributed by atoms with Crippen LogP contribution in [0.1, 0.15) is 33.5 Å². The number of thiophene rings is 1. The van der Waals surface area contributed by atoms with Gasteiger partial charge in [-0.25, -0.2) is 9.18 Å². The van der Waals surface area contributed by atoms with Crippen LogP contribution in [0.25, 0.3) is 0 Å². The van der Waals surface area contributed by atoms with E-state index in [1.165, 1.54) is 48.4 Å². The second-order valence-corrected chi connectivity index (χ2v) is 9.76. The summed E-state index contributed by atoms with van der Waals surface area (Å²) in [5, 5.41) is 12.1. The first kappa shape index (κ1) is 26.7. The van der Waals surface area contributed by atoms with Gasteiger partial charge in [-0.1, -0.05) is 36.4 Å². The SMILES string of the molecule is C=CCn1c(COc2ccc(F)c(Cl)c2)nnc1SCC(=O)Nc1sc(C)c(CC)c1C(=O)OC. The molecule has 8 nitrogen and oxygen atoms in total. The standard InChI is InChI=1S/C23H24ClFN4O4S2/c1-5-9-29-18(11-33-14-7-8-17(25)16(24)10-14)27-28-23(29)34-12-19(30)26-21-20(22(31)32-4)15(6-2)13(3)35-21/h5,7-8,10H,1,6,9,11-12H2,2-4H3,(H,26,30). The van der Waals surface area contributed by atoms with Gasteiger partial charge in [-0.05, 0) is 31.0 Å². The van der Waals surface area contributed by atoms with Gasteiger partial charge in [-0.2, -0.15) is 0 Å². The van der Waals surface area contributed by atoms with E-state index in [-0.39, 0.29) is 23.3 Å². The lowest BCUT2D eigenvalue weighted by Crippen LogP contribution is -2.17. The minimum absolute atomic E-state index is 0.0420. The molecule has 0 bridgehead atoms. The van der Waals surface area contributed by atoms with E-state index in [4.69, 9.17) is 21.1 Å². The van der Waals surface area contributed by atoms with Crippen LogP contribution in [0, 0.1) is 12.7 Å². The third-order valence-corrected chi connectivity index (χ3v) is 7.22. The van der Waals surface area contributed by atoms with Gasteiger partial charge in [0.15, 0.2) is 11.0 Å². The summed E-state index contributed by atoms with van der Waals surface area (Å²) in [5.41, 5.74) is 1.26. The largest absolute Gasteiger partial charge is 0.486 e. The van der Waals surface area contributed by atoms with Crippen molar-refractivity contribution in [3.05, 3.63) is 63.5 Å². The Bertz CT molecular complexity index is 1240. The number of carbonyl (C=O) groups excluding carboxylic acids is 2. The fourth-order valence-corrected chi connectivity index (χ4v) is 5.35. The van der Waals surface area contributed by atoms with Crippen molar-refractivity contribution in [1.29, 1.82) is 0 Å². The van der Waals surface area contributed by atoms with Gasteiger partial charge in [0.25, 0.3) is 0 Å². The molecule has 0 fully saturated rings. The van der Waals surface area contributed by atoms with Gasteiger partial charge in [0, 0.05) is 17.5 Å². The molecule has 35 heavy (non-hydrogen) atoms. The normalized spacial score (nSPS) is 10.8. The molecule has 0 unspecified atom stereocenters. The van der Waals surface area contributed by atoms with E-state index in [1.807, 2.05) is 13.8 Å². The lowest BCUT2D eigenvalue weighted by molar-refractivity contribution is -0.113. The molecule has 0 saturated heterocycles. The highest BCUT2D eigenvalue weighted by molar-refractivity contribution is 7.99. The zero-order chi connectivity index (χ0) is 25.5. The van der Waals surface area contributed by atoms with Crippen LogP contribution in [-0.2, 0) is 29.1 Å². The van der Waals surface area contributed by atoms with Crippen LogP contribution in [0.2, 0.25) is 5.02 Å². The summed E-state index contributed by atoms with van der Waals surface area (Å²) < 4.78 is 25.7. The molecule has 0 aliphatic rings. The Morgan fingerprint density at radius 2 is 2.14 bits per heavy atom. The topological polar surface area (TPSA) is 95.3 Å². The maximum Gasteiger partial charge on any atom is 0.341 e. The van der Waals surface area contributed by atoms with Crippen molar-refractivity contribution in [3.63, 3.8) is 0 Å². The molecule has 2 aromatic heterocycles. The van der Waals surface area contributed by atoms with E-state index >= 15 is 0 Å². The number of anilines is 1. The lowest BCUT2D eigenvalue weighted by atomic mass is 10.1. The summed E-state index contributed by atoms with van der Waals surface area (Å²) in [7, 11) is 1.31. The Morgan fingerprint density at radius 1 is 1.37 bits per heavy atom. The molecule has 186 valence electrons. The fourth-order valence-electron chi connectivity index (χ4n) is 3.26. The highest BCUT2D eigenvalue weighted by Crippen LogP contribution is 2.34. The Balaban J connectivity index is 1.68. The number of amides is 1. The van der Waals surface area contributed by atoms with Crippen molar-refractivity contribution < 1.29 is 23.5 Å². The van der Waals surface area contributed by atoms with Crippen LogP contribution >= 0.6 is 34.7 Å². The van der Waals surface area contributed by atoms with Crippen LogP contribution in [0.15, 0.2) is 36.0 Å². The zero-order valence-electron chi connectivity index (χ0n) is 19.4. The second-order valence-electron chi connectivity index (χ2n) is 7.19. The van der Waals surface area contributed by atoms with Crippen LogP contribution in [0.3, 0.4) is 0 Å². The molecule has 0 saturated carbocycles. The van der Waals surface area contributed by atoms with Gasteiger partial charge in [-0.3, -0.25) is 9.36 Å². The Kier molecular flexibility index (Phi) is 9.30. The number of aromatic nitrogens is 3. The van der Waals surface area contributed by atoms with Gasteiger partial charge in [0.1, 0.15) is 23.2 Å². The number of nitrogens with one attached hydrogen (secondary N) is 1. The summed E-state index contributed by atoms with van der Waals surface area (Å²) in [5.74, 6) is -0.376. The second kappa shape index (κ2) is 12.2. The number of hydrogen-bond donors (Lipinski definition) is 1. The van der Waals surface area contributed by atoms with Crippen molar-refractivity contribution in [2.75, 3.05) is 18.2 Å². The highest BCUT2D eigenvalue weighted by Gasteiger charge is 2.23. The minimum atomic E-state index is -0.534. The van der Waals surface area contributed by atoms with Crippen molar-refractivity contribution in [2.24, 2.45) is 0 Å². The van der Waals surface area contributed by atoms with Crippen molar-refractivity contribution in [1.82, 2.24) is 14.8 Å². The highest BCUT2D eigenvalue weighted by atomic mass is 35.5. The number of benzene rings is 1. The quantitative estimate of drug-likeness (QED) is 0.201. The van der Waals surface area contributed by atoms with Gasteiger partial charge >= 0.3 is 5.97 Å². The van der Waals surface area contributed by atoms with E-state index in [0.717, 1.165) is 10.4 Å². The first-order valence-electron chi connectivity index (χ1n) is 10.5. The van der Waals surface area contributed by atoms with Crippen molar-refractivity contribution in [3.8, 4) is 5.75 Å². The molecule has 1 N–H and O–H groups in total. The van der Waals surface area contributed by atoms with Crippen LogP contribution in [0.5, 0.6) is 5.75 Å². The molecule has 0 aliphatic carbocycles. The maximum atomic E-state index is 13.4. The van der Waals surface area contributed by atoms with E-state index in [0.29, 0.717) is 40.3 Å². The number of hydrogen-bond acceptors (Lipinski definition) is 8. The minimum Gasteiger partial charge on any atom is -0.486 e. The van der Waals surface area contributed by atoms with E-state index in [2.05, 4.69) is 22.1 Å². The number of nitrogens with zero attached hydrogens (tertiary/aromatic N) is 3. The number of esters is 1. The van der Waals surface area contributed by atoms with E-state index < -0.39 is 11.8 Å². The number of aryl methyl sites for hydroxylation is 1. The summed E-state index contributed by atoms with van der Waals surface area (Å²) in [4.78, 5) is 25.9. The van der Waals surface area contributed by atoms with Gasteiger partial charge in [-0.15, -0.1) is 28.1 Å². The average molecular weight is 539 g/mol. The monoisotopic (exact) mass is 538 g/mol. The number of thioether (sulfide) groups is 1. The van der Waals surface area contributed by atoms with Gasteiger partial charge in [0.05, 0.1) is 23.4 Å². The van der Waals surface area contributed by atoms with Crippen molar-refractivity contribution >= 4 is 51.6 Å². The number of ether oxygens (including phenoxy) is 2. The third-order valence-electron chi connectivity index (χ3n) is 4.90.